The van der Waals surface area contributed by atoms with Crippen molar-refractivity contribution in [2.75, 3.05) is 40.1 Å². The predicted octanol–water partition coefficient (Wildman–Crippen LogP) is 17.7. The molecule has 0 atom stereocenters. The van der Waals surface area contributed by atoms with E-state index >= 15 is 0 Å². The number of para-hydroxylation sites is 9. The van der Waals surface area contributed by atoms with Crippen molar-refractivity contribution in [3.63, 3.8) is 0 Å². The number of nitrogen functional groups attached to an aromatic ring is 7. The molecule has 0 aliphatic carbocycles. The molecule has 16 N–H and O–H groups in total. The second kappa shape index (κ2) is 37.6. The van der Waals surface area contributed by atoms with Crippen LogP contribution in [-0.4, -0.2) is 9.97 Å². The first kappa shape index (κ1) is 64.1. The topological polar surface area (TPSA) is 214 Å². The molecule has 2 heterocycles. The van der Waals surface area contributed by atoms with Crippen molar-refractivity contribution in [1.29, 1.82) is 0 Å². The molecule has 0 saturated carbocycles. The number of benzene rings is 9. The van der Waals surface area contributed by atoms with E-state index in [1.807, 2.05) is 207 Å². The minimum absolute atomic E-state index is 0.785. The number of hydrogen-bond acceptors (Lipinski definition) is 7. The summed E-state index contributed by atoms with van der Waals surface area (Å²) in [4.78, 5) is 6.24. The number of nitrogens with one attached hydrogen (secondary N) is 2. The van der Waals surface area contributed by atoms with Crippen molar-refractivity contribution < 1.29 is 0 Å². The van der Waals surface area contributed by atoms with Crippen LogP contribution < -0.4 is 40.1 Å². The first-order valence-electron chi connectivity index (χ1n) is 25.7. The Balaban J connectivity index is 0.000000239. The summed E-state index contributed by atoms with van der Waals surface area (Å²) < 4.78 is 0. The molecule has 81 heavy (non-hydrogen) atoms. The maximum atomic E-state index is 5.56. The highest BCUT2D eigenvalue weighted by Gasteiger charge is 1.93. The second-order valence-corrected chi connectivity index (χ2v) is 17.0. The van der Waals surface area contributed by atoms with Crippen molar-refractivity contribution in [2.45, 2.75) is 0 Å². The first-order chi connectivity index (χ1) is 39.3. The molecule has 0 fully saturated rings. The third-order valence-corrected chi connectivity index (χ3v) is 11.4. The van der Waals surface area contributed by atoms with Gasteiger partial charge in [0, 0.05) is 63.2 Å². The highest BCUT2D eigenvalue weighted by atomic mass is 14.7. The van der Waals surface area contributed by atoms with Crippen LogP contribution in [0.25, 0.3) is 64.3 Å². The van der Waals surface area contributed by atoms with Crippen LogP contribution in [0, 0.1) is 0 Å². The van der Waals surface area contributed by atoms with E-state index < -0.39 is 0 Å². The highest BCUT2D eigenvalue weighted by Crippen LogP contribution is 2.16. The van der Waals surface area contributed by atoms with Gasteiger partial charge in [0.05, 0.1) is 0 Å². The molecule has 2 aromatic heterocycles. The Labute approximate surface area is 479 Å². The van der Waals surface area contributed by atoms with E-state index in [2.05, 4.69) is 92.4 Å². The molecule has 0 radical (unpaired) electrons. The first-order valence-corrected chi connectivity index (χ1v) is 25.7. The van der Waals surface area contributed by atoms with E-state index in [1.54, 1.807) is 42.5 Å². The van der Waals surface area contributed by atoms with E-state index in [1.165, 1.54) is 21.8 Å². The van der Waals surface area contributed by atoms with Gasteiger partial charge in [-0.2, -0.15) is 0 Å². The van der Waals surface area contributed by atoms with Crippen molar-refractivity contribution in [2.24, 2.45) is 0 Å². The molecule has 9 aromatic carbocycles. The number of aromatic nitrogens is 2. The quantitative estimate of drug-likeness (QED) is 0.0704. The Kier molecular flexibility index (Phi) is 29.7. The lowest BCUT2D eigenvalue weighted by Gasteiger charge is -1.95. The lowest BCUT2D eigenvalue weighted by molar-refractivity contribution is 1.48. The molecule has 0 amide bonds. The molecule has 9 heteroatoms. The number of hydrogen-bond donors (Lipinski definition) is 9. The zero-order valence-corrected chi connectivity index (χ0v) is 46.1. The van der Waals surface area contributed by atoms with Gasteiger partial charge in [-0.25, -0.2) is 0 Å². The summed E-state index contributed by atoms with van der Waals surface area (Å²) in [5.74, 6) is 0. The zero-order valence-electron chi connectivity index (χ0n) is 46.1. The van der Waals surface area contributed by atoms with Crippen LogP contribution in [0.2, 0.25) is 0 Å². The average molecular weight is 1070 g/mol. The fourth-order valence-corrected chi connectivity index (χ4v) is 6.87. The summed E-state index contributed by atoms with van der Waals surface area (Å²) in [6.07, 6.45) is 16.1. The van der Waals surface area contributed by atoms with Crippen LogP contribution in [0.1, 0.15) is 38.9 Å². The van der Waals surface area contributed by atoms with Crippen molar-refractivity contribution in [1.82, 2.24) is 9.97 Å². The Morgan fingerprint density at radius 3 is 0.519 bits per heavy atom. The third-order valence-electron chi connectivity index (χ3n) is 11.4. The van der Waals surface area contributed by atoms with Crippen LogP contribution in [0.3, 0.4) is 0 Å². The fraction of sp³-hybridized carbons (Fsp3) is 0. The van der Waals surface area contributed by atoms with E-state index in [9.17, 15) is 0 Å². The van der Waals surface area contributed by atoms with Gasteiger partial charge in [-0.3, -0.25) is 0 Å². The second-order valence-electron chi connectivity index (χ2n) is 17.0. The lowest BCUT2D eigenvalue weighted by atomic mass is 10.2. The molecule has 0 aliphatic heterocycles. The van der Waals surface area contributed by atoms with Crippen LogP contribution in [0.15, 0.2) is 289 Å². The number of aromatic amines is 2. The van der Waals surface area contributed by atoms with Crippen molar-refractivity contribution >= 4 is 104 Å². The van der Waals surface area contributed by atoms with Gasteiger partial charge in [-0.15, -0.1) is 0 Å². The van der Waals surface area contributed by atoms with Gasteiger partial charge in [0.1, 0.15) is 0 Å². The Hall–Kier alpha value is -11.2. The van der Waals surface area contributed by atoms with Gasteiger partial charge >= 0.3 is 0 Å². The van der Waals surface area contributed by atoms with E-state index in [4.69, 9.17) is 40.1 Å². The molecule has 11 aromatic rings. The van der Waals surface area contributed by atoms with Gasteiger partial charge in [0.25, 0.3) is 0 Å². The monoisotopic (exact) mass is 1070 g/mol. The largest absolute Gasteiger partial charge is 0.398 e. The van der Waals surface area contributed by atoms with Gasteiger partial charge in [0.15, 0.2) is 0 Å². The number of rotatable bonds is 7. The minimum Gasteiger partial charge on any atom is -0.398 e. The summed E-state index contributed by atoms with van der Waals surface area (Å²) in [6.45, 7) is 25.3. The fourth-order valence-electron chi connectivity index (χ4n) is 6.87. The maximum Gasteiger partial charge on any atom is 0.0453 e. The standard InChI is InChI=1S/2C8H7N.7C8H9N/c2*1-2-4-8-7(3-1)5-6-9-8;7*1-2-7-5-3-4-6-8(7)9/h2*1-6,9H;7*2-6H,1,9H2. The SMILES string of the molecule is C=Cc1ccccc1N.C=Cc1ccccc1N.C=Cc1ccccc1N.C=Cc1ccccc1N.C=Cc1ccccc1N.C=Cc1ccccc1N.C=Cc1ccccc1N.c1ccc2[nH]ccc2c1.c1ccc2[nH]ccc2c1. The molecular weight excluding hydrogens is 991 g/mol. The summed E-state index contributed by atoms with van der Waals surface area (Å²) in [5, 5.41) is 2.55. The summed E-state index contributed by atoms with van der Waals surface area (Å²) >= 11 is 0. The molecule has 11 rings (SSSR count). The smallest absolute Gasteiger partial charge is 0.0453 e. The maximum absolute atomic E-state index is 5.56. The Morgan fingerprint density at radius 1 is 0.210 bits per heavy atom. The zero-order chi connectivity index (χ0) is 59.0. The number of nitrogens with two attached hydrogens (primary N) is 7. The predicted molar refractivity (Wildman–Crippen MR) is 363 cm³/mol. The summed E-state index contributed by atoms with van der Waals surface area (Å²) in [6, 6.07) is 74.0. The minimum atomic E-state index is 0.785. The van der Waals surface area contributed by atoms with Gasteiger partial charge < -0.3 is 50.1 Å². The molecule has 0 bridgehead atoms. The van der Waals surface area contributed by atoms with Gasteiger partial charge in [0.2, 0.25) is 0 Å². The molecular formula is C72H77N9. The molecule has 9 nitrogen and oxygen atoms in total. The number of H-pyrrole nitrogens is 2. The van der Waals surface area contributed by atoms with E-state index in [0.717, 1.165) is 78.8 Å². The van der Waals surface area contributed by atoms with Crippen LogP contribution in [0.4, 0.5) is 39.8 Å². The summed E-state index contributed by atoms with van der Waals surface area (Å²) in [5.41, 5.74) is 53.8. The molecule has 0 aliphatic rings. The van der Waals surface area contributed by atoms with Crippen molar-refractivity contribution in [3.05, 3.63) is 328 Å². The lowest BCUT2D eigenvalue weighted by Crippen LogP contribution is -1.86. The van der Waals surface area contributed by atoms with Crippen LogP contribution in [-0.2, 0) is 0 Å². The average Bonchev–Trinajstić information content (AvgIpc) is 4.23. The van der Waals surface area contributed by atoms with Crippen LogP contribution in [0.5, 0.6) is 0 Å². The van der Waals surface area contributed by atoms with E-state index in [-0.39, 0.29) is 0 Å². The van der Waals surface area contributed by atoms with Crippen molar-refractivity contribution in [3.8, 4) is 0 Å². The number of fused-ring (bicyclic) bond motifs is 2. The normalized spacial score (nSPS) is 9.19. The molecule has 0 unspecified atom stereocenters. The number of anilines is 7. The Bertz CT molecular complexity index is 3030. The Morgan fingerprint density at radius 2 is 0.370 bits per heavy atom. The van der Waals surface area contributed by atoms with Crippen LogP contribution >= 0.6 is 0 Å². The molecule has 0 spiro atoms. The molecule has 0 saturated heterocycles. The van der Waals surface area contributed by atoms with Gasteiger partial charge in [-0.05, 0) is 116 Å². The van der Waals surface area contributed by atoms with E-state index in [0.29, 0.717) is 0 Å². The summed E-state index contributed by atoms with van der Waals surface area (Å²) in [7, 11) is 0. The highest BCUT2D eigenvalue weighted by molar-refractivity contribution is 5.79. The molecule has 410 valence electrons. The van der Waals surface area contributed by atoms with Gasteiger partial charge in [-0.1, -0.05) is 252 Å². The third kappa shape index (κ3) is 23.7.